The van der Waals surface area contributed by atoms with Crippen LogP contribution in [-0.4, -0.2) is 35.3 Å². The zero-order valence-electron chi connectivity index (χ0n) is 18.6. The van der Waals surface area contributed by atoms with Crippen LogP contribution in [0.3, 0.4) is 0 Å². The molecule has 1 saturated carbocycles. The van der Waals surface area contributed by atoms with Crippen molar-refractivity contribution in [2.75, 3.05) is 7.05 Å². The normalized spacial score (nSPS) is 20.8. The SMILES string of the molecule is Cc1ccc(Oc2c(F)cccc2O[C@@H]2CCC[C@@H](N(C)Cc3ccccc3)[C@H]2O)cc1. The first-order chi connectivity index (χ1) is 15.5. The summed E-state index contributed by atoms with van der Waals surface area (Å²) in [6.45, 7) is 2.73. The molecule has 32 heavy (non-hydrogen) atoms. The van der Waals surface area contributed by atoms with Crippen LogP contribution < -0.4 is 9.47 Å². The molecule has 0 spiro atoms. The second-order valence-electron chi connectivity index (χ2n) is 8.53. The van der Waals surface area contributed by atoms with E-state index in [1.807, 2.05) is 44.3 Å². The summed E-state index contributed by atoms with van der Waals surface area (Å²) in [5, 5.41) is 11.1. The van der Waals surface area contributed by atoms with Crippen LogP contribution in [0.1, 0.15) is 30.4 Å². The number of para-hydroxylation sites is 1. The number of aliphatic hydroxyl groups excluding tert-OH is 1. The molecule has 0 unspecified atom stereocenters. The summed E-state index contributed by atoms with van der Waals surface area (Å²) in [6.07, 6.45) is 1.40. The molecule has 1 aliphatic rings. The van der Waals surface area contributed by atoms with Crippen LogP contribution in [0.4, 0.5) is 4.39 Å². The van der Waals surface area contributed by atoms with E-state index in [0.29, 0.717) is 17.9 Å². The third kappa shape index (κ3) is 5.29. The fraction of sp³-hybridized carbons (Fsp3) is 0.333. The lowest BCUT2D eigenvalue weighted by Crippen LogP contribution is -2.51. The number of nitrogens with zero attached hydrogens (tertiary/aromatic N) is 1. The lowest BCUT2D eigenvalue weighted by Gasteiger charge is -2.39. The van der Waals surface area contributed by atoms with Crippen molar-refractivity contribution >= 4 is 0 Å². The Morgan fingerprint density at radius 3 is 2.47 bits per heavy atom. The van der Waals surface area contributed by atoms with Gasteiger partial charge >= 0.3 is 0 Å². The molecule has 3 aromatic rings. The number of ether oxygens (including phenoxy) is 2. The van der Waals surface area contributed by atoms with Crippen LogP contribution >= 0.6 is 0 Å². The van der Waals surface area contributed by atoms with Crippen LogP contribution in [0.5, 0.6) is 17.2 Å². The minimum Gasteiger partial charge on any atom is -0.484 e. The van der Waals surface area contributed by atoms with Gasteiger partial charge in [0.25, 0.3) is 0 Å². The van der Waals surface area contributed by atoms with Crippen LogP contribution in [0, 0.1) is 12.7 Å². The Morgan fingerprint density at radius 2 is 1.72 bits per heavy atom. The zero-order chi connectivity index (χ0) is 22.5. The third-order valence-corrected chi connectivity index (χ3v) is 6.05. The number of benzene rings is 3. The van der Waals surface area contributed by atoms with E-state index in [2.05, 4.69) is 17.0 Å². The van der Waals surface area contributed by atoms with Gasteiger partial charge in [-0.05, 0) is 63.1 Å². The molecule has 0 bridgehead atoms. The first-order valence-electron chi connectivity index (χ1n) is 11.1. The van der Waals surface area contributed by atoms with Crippen molar-refractivity contribution in [3.8, 4) is 17.2 Å². The van der Waals surface area contributed by atoms with Gasteiger partial charge in [0.15, 0.2) is 11.6 Å². The molecule has 168 valence electrons. The topological polar surface area (TPSA) is 41.9 Å². The van der Waals surface area contributed by atoms with Gasteiger partial charge in [0.05, 0.1) is 0 Å². The molecule has 4 nitrogen and oxygen atoms in total. The highest BCUT2D eigenvalue weighted by Crippen LogP contribution is 2.37. The van der Waals surface area contributed by atoms with Crippen molar-refractivity contribution in [3.05, 3.63) is 89.7 Å². The van der Waals surface area contributed by atoms with E-state index in [-0.39, 0.29) is 11.8 Å². The lowest BCUT2D eigenvalue weighted by atomic mass is 9.88. The molecule has 0 amide bonds. The second kappa shape index (κ2) is 10.2. The average Bonchev–Trinajstić information content (AvgIpc) is 2.79. The van der Waals surface area contributed by atoms with Gasteiger partial charge in [0.1, 0.15) is 18.0 Å². The Kier molecular flexibility index (Phi) is 7.08. The number of aryl methyl sites for hydroxylation is 1. The Balaban J connectivity index is 1.48. The number of aliphatic hydroxyl groups is 1. The van der Waals surface area contributed by atoms with E-state index in [1.54, 1.807) is 24.3 Å². The van der Waals surface area contributed by atoms with Gasteiger partial charge in [-0.25, -0.2) is 4.39 Å². The monoisotopic (exact) mass is 435 g/mol. The molecule has 0 aromatic heterocycles. The fourth-order valence-corrected chi connectivity index (χ4v) is 4.28. The molecule has 1 N–H and O–H groups in total. The van der Waals surface area contributed by atoms with Gasteiger partial charge in [0.2, 0.25) is 5.75 Å². The Morgan fingerprint density at radius 1 is 0.969 bits per heavy atom. The molecule has 5 heteroatoms. The molecular weight excluding hydrogens is 405 g/mol. The first kappa shape index (κ1) is 22.3. The Hall–Kier alpha value is -2.89. The van der Waals surface area contributed by atoms with Crippen molar-refractivity contribution < 1.29 is 19.0 Å². The van der Waals surface area contributed by atoms with Gasteiger partial charge in [0, 0.05) is 12.6 Å². The van der Waals surface area contributed by atoms with Crippen LogP contribution in [0.2, 0.25) is 0 Å². The second-order valence-corrected chi connectivity index (χ2v) is 8.53. The summed E-state index contributed by atoms with van der Waals surface area (Å²) >= 11 is 0. The molecule has 3 aromatic carbocycles. The quantitative estimate of drug-likeness (QED) is 0.515. The number of rotatable bonds is 7. The molecule has 0 aliphatic heterocycles. The van der Waals surface area contributed by atoms with E-state index in [0.717, 1.165) is 24.9 Å². The van der Waals surface area contributed by atoms with Crippen molar-refractivity contribution in [3.63, 3.8) is 0 Å². The van der Waals surface area contributed by atoms with E-state index < -0.39 is 18.0 Å². The predicted molar refractivity (Wildman–Crippen MR) is 124 cm³/mol. The van der Waals surface area contributed by atoms with Gasteiger partial charge in [-0.1, -0.05) is 54.1 Å². The summed E-state index contributed by atoms with van der Waals surface area (Å²) in [6, 6.07) is 22.2. The fourth-order valence-electron chi connectivity index (χ4n) is 4.28. The lowest BCUT2D eigenvalue weighted by molar-refractivity contribution is -0.0498. The van der Waals surface area contributed by atoms with Crippen molar-refractivity contribution in [2.45, 2.75) is 51.0 Å². The van der Waals surface area contributed by atoms with E-state index in [4.69, 9.17) is 9.47 Å². The maximum Gasteiger partial charge on any atom is 0.204 e. The largest absolute Gasteiger partial charge is 0.484 e. The molecule has 0 radical (unpaired) electrons. The highest BCUT2D eigenvalue weighted by molar-refractivity contribution is 5.44. The van der Waals surface area contributed by atoms with Gasteiger partial charge in [-0.3, -0.25) is 4.90 Å². The van der Waals surface area contributed by atoms with E-state index in [1.165, 1.54) is 11.6 Å². The Bertz CT molecular complexity index is 1010. The standard InChI is InChI=1S/C27H30FNO3/c1-19-14-16-21(17-15-19)31-27-22(28)10-6-13-25(27)32-24-12-7-11-23(26(24)30)29(2)18-20-8-4-3-5-9-20/h3-6,8-10,13-17,23-24,26,30H,7,11-12,18H2,1-2H3/t23-,24-,26-/m1/s1. The minimum absolute atomic E-state index is 0.0380. The highest BCUT2D eigenvalue weighted by Gasteiger charge is 2.36. The first-order valence-corrected chi connectivity index (χ1v) is 11.1. The van der Waals surface area contributed by atoms with Crippen LogP contribution in [0.15, 0.2) is 72.8 Å². The minimum atomic E-state index is -0.687. The zero-order valence-corrected chi connectivity index (χ0v) is 18.6. The van der Waals surface area contributed by atoms with E-state index >= 15 is 0 Å². The molecule has 1 fully saturated rings. The summed E-state index contributed by atoms with van der Waals surface area (Å²) in [5.41, 5.74) is 2.29. The smallest absolute Gasteiger partial charge is 0.204 e. The average molecular weight is 436 g/mol. The van der Waals surface area contributed by atoms with Gasteiger partial charge in [-0.2, -0.15) is 0 Å². The van der Waals surface area contributed by atoms with Gasteiger partial charge < -0.3 is 14.6 Å². The third-order valence-electron chi connectivity index (χ3n) is 6.05. The molecule has 0 saturated heterocycles. The summed E-state index contributed by atoms with van der Waals surface area (Å²) < 4.78 is 26.6. The number of likely N-dealkylation sites (N-methyl/N-ethyl adjacent to an activating group) is 1. The van der Waals surface area contributed by atoms with E-state index in [9.17, 15) is 9.50 Å². The Labute approximate surface area is 189 Å². The highest BCUT2D eigenvalue weighted by atomic mass is 19.1. The number of halogens is 1. The van der Waals surface area contributed by atoms with Crippen LogP contribution in [0.25, 0.3) is 0 Å². The predicted octanol–water partition coefficient (Wildman–Crippen LogP) is 5.72. The van der Waals surface area contributed by atoms with Crippen molar-refractivity contribution in [1.29, 1.82) is 0 Å². The maximum absolute atomic E-state index is 14.6. The molecule has 0 heterocycles. The molecule has 3 atom stereocenters. The maximum atomic E-state index is 14.6. The van der Waals surface area contributed by atoms with Crippen LogP contribution in [-0.2, 0) is 6.54 Å². The number of hydrogen-bond acceptors (Lipinski definition) is 4. The number of hydrogen-bond donors (Lipinski definition) is 1. The summed E-state index contributed by atoms with van der Waals surface area (Å²) in [5.74, 6) is 0.394. The summed E-state index contributed by atoms with van der Waals surface area (Å²) in [7, 11) is 2.03. The van der Waals surface area contributed by atoms with Crippen molar-refractivity contribution in [2.24, 2.45) is 0 Å². The molecule has 1 aliphatic carbocycles. The summed E-state index contributed by atoms with van der Waals surface area (Å²) in [4.78, 5) is 2.17. The molecular formula is C27H30FNO3. The molecule has 4 rings (SSSR count). The van der Waals surface area contributed by atoms with Crippen molar-refractivity contribution in [1.82, 2.24) is 4.90 Å². The van der Waals surface area contributed by atoms with Gasteiger partial charge in [-0.15, -0.1) is 0 Å².